The summed E-state index contributed by atoms with van der Waals surface area (Å²) in [6.07, 6.45) is 0. The number of nitrogens with zero attached hydrogens (tertiary/aromatic N) is 2. The molecule has 0 spiro atoms. The molecule has 3 aromatic rings. The van der Waals surface area contributed by atoms with Crippen LogP contribution in [0.2, 0.25) is 0 Å². The van der Waals surface area contributed by atoms with Crippen molar-refractivity contribution in [3.05, 3.63) is 53.0 Å². The van der Waals surface area contributed by atoms with Crippen molar-refractivity contribution < 1.29 is 9.53 Å². The molecule has 0 bridgehead atoms. The summed E-state index contributed by atoms with van der Waals surface area (Å²) in [6, 6.07) is 9.72. The highest BCUT2D eigenvalue weighted by molar-refractivity contribution is 5.98. The van der Waals surface area contributed by atoms with Gasteiger partial charge in [0.05, 0.1) is 24.9 Å². The molecule has 24 heavy (non-hydrogen) atoms. The number of carbonyl (C=O) groups excluding carboxylic acids is 1. The van der Waals surface area contributed by atoms with Crippen LogP contribution in [0.4, 0.5) is 0 Å². The topological polar surface area (TPSA) is 74.0 Å². The van der Waals surface area contributed by atoms with Crippen LogP contribution in [0.25, 0.3) is 10.9 Å². The average molecular weight is 324 g/mol. The van der Waals surface area contributed by atoms with Gasteiger partial charge in [-0.1, -0.05) is 18.2 Å². The molecular formula is C18H20N4O2. The summed E-state index contributed by atoms with van der Waals surface area (Å²) in [7, 11) is 0. The lowest BCUT2D eigenvalue weighted by Crippen LogP contribution is -2.43. The maximum absolute atomic E-state index is 13.1. The van der Waals surface area contributed by atoms with E-state index in [9.17, 15) is 4.79 Å². The van der Waals surface area contributed by atoms with Gasteiger partial charge in [0.1, 0.15) is 5.69 Å². The number of hydrogen-bond acceptors (Lipinski definition) is 3. The van der Waals surface area contributed by atoms with Gasteiger partial charge in [-0.3, -0.25) is 9.89 Å². The Labute approximate surface area is 139 Å². The van der Waals surface area contributed by atoms with Crippen LogP contribution >= 0.6 is 0 Å². The lowest BCUT2D eigenvalue weighted by atomic mass is 10.0. The number of carbonyl (C=O) groups is 1. The molecule has 2 aromatic heterocycles. The first-order valence-corrected chi connectivity index (χ1v) is 8.13. The molecular weight excluding hydrogens is 304 g/mol. The van der Waals surface area contributed by atoms with E-state index in [4.69, 9.17) is 4.74 Å². The van der Waals surface area contributed by atoms with Crippen LogP contribution in [-0.4, -0.2) is 45.7 Å². The molecule has 1 amide bonds. The molecule has 2 N–H and O–H groups in total. The third-order valence-electron chi connectivity index (χ3n) is 4.67. The Hall–Kier alpha value is -2.60. The van der Waals surface area contributed by atoms with Crippen molar-refractivity contribution >= 4 is 16.8 Å². The summed E-state index contributed by atoms with van der Waals surface area (Å²) < 4.78 is 5.65. The van der Waals surface area contributed by atoms with E-state index < -0.39 is 0 Å². The van der Waals surface area contributed by atoms with E-state index in [2.05, 4.69) is 15.2 Å². The summed E-state index contributed by atoms with van der Waals surface area (Å²) in [5.74, 6) is -0.000463. The van der Waals surface area contributed by atoms with Crippen LogP contribution in [-0.2, 0) is 4.74 Å². The zero-order chi connectivity index (χ0) is 16.7. The predicted octanol–water partition coefficient (Wildman–Crippen LogP) is 2.72. The Balaban J connectivity index is 1.71. The molecule has 1 saturated heterocycles. The fraction of sp³-hybridized carbons (Fsp3) is 0.333. The number of aromatic amines is 2. The highest BCUT2D eigenvalue weighted by atomic mass is 16.5. The van der Waals surface area contributed by atoms with Crippen molar-refractivity contribution in [2.24, 2.45) is 0 Å². The monoisotopic (exact) mass is 324 g/mol. The van der Waals surface area contributed by atoms with Crippen molar-refractivity contribution in [3.63, 3.8) is 0 Å². The number of aryl methyl sites for hydroxylation is 2. The summed E-state index contributed by atoms with van der Waals surface area (Å²) in [4.78, 5) is 18.2. The highest BCUT2D eigenvalue weighted by Gasteiger charge is 2.33. The molecule has 1 aromatic carbocycles. The van der Waals surface area contributed by atoms with Gasteiger partial charge >= 0.3 is 0 Å². The third-order valence-corrected chi connectivity index (χ3v) is 4.67. The first kappa shape index (κ1) is 15.0. The van der Waals surface area contributed by atoms with Gasteiger partial charge in [0, 0.05) is 28.7 Å². The molecule has 6 heteroatoms. The quantitative estimate of drug-likeness (QED) is 0.761. The normalized spacial score (nSPS) is 18.2. The van der Waals surface area contributed by atoms with Crippen LogP contribution < -0.4 is 0 Å². The maximum atomic E-state index is 13.1. The number of aromatic nitrogens is 3. The van der Waals surface area contributed by atoms with Crippen molar-refractivity contribution in [1.29, 1.82) is 0 Å². The smallest absolute Gasteiger partial charge is 0.270 e. The fourth-order valence-corrected chi connectivity index (χ4v) is 3.48. The van der Waals surface area contributed by atoms with Gasteiger partial charge in [-0.05, 0) is 26.0 Å². The molecule has 0 saturated carbocycles. The number of benzene rings is 1. The Bertz CT molecular complexity index is 843. The number of rotatable bonds is 2. The SMILES string of the molecule is Cc1n[nH]c(C)c1C1COCCN1C(=O)c1cc2ccccc2[nH]1. The number of fused-ring (bicyclic) bond motifs is 1. The Morgan fingerprint density at radius 3 is 2.92 bits per heavy atom. The highest BCUT2D eigenvalue weighted by Crippen LogP contribution is 2.30. The number of ether oxygens (including phenoxy) is 1. The van der Waals surface area contributed by atoms with Crippen molar-refractivity contribution in [2.45, 2.75) is 19.9 Å². The van der Waals surface area contributed by atoms with Crippen LogP contribution in [0, 0.1) is 13.8 Å². The summed E-state index contributed by atoms with van der Waals surface area (Å²) >= 11 is 0. The molecule has 1 fully saturated rings. The van der Waals surface area contributed by atoms with Gasteiger partial charge in [-0.2, -0.15) is 5.10 Å². The van der Waals surface area contributed by atoms with Crippen molar-refractivity contribution in [2.75, 3.05) is 19.8 Å². The second-order valence-corrected chi connectivity index (χ2v) is 6.21. The van der Waals surface area contributed by atoms with Crippen LogP contribution in [0.3, 0.4) is 0 Å². The minimum absolute atomic E-state index is 0.000463. The molecule has 1 aliphatic heterocycles. The molecule has 6 nitrogen and oxygen atoms in total. The lowest BCUT2D eigenvalue weighted by Gasteiger charge is -2.35. The van der Waals surface area contributed by atoms with E-state index in [-0.39, 0.29) is 11.9 Å². The molecule has 1 aliphatic rings. The minimum atomic E-state index is -0.114. The molecule has 0 radical (unpaired) electrons. The number of nitrogens with one attached hydrogen (secondary N) is 2. The van der Waals surface area contributed by atoms with Gasteiger partial charge in [0.25, 0.3) is 5.91 Å². The second kappa shape index (κ2) is 5.79. The standard InChI is InChI=1S/C18H20N4O2/c1-11-17(12(2)21-20-11)16-10-24-8-7-22(16)18(23)15-9-13-5-3-4-6-14(13)19-15/h3-6,9,16,19H,7-8,10H2,1-2H3,(H,20,21). The van der Waals surface area contributed by atoms with Gasteiger partial charge in [0.2, 0.25) is 0 Å². The van der Waals surface area contributed by atoms with E-state index in [0.29, 0.717) is 25.5 Å². The Kier molecular flexibility index (Phi) is 3.61. The Morgan fingerprint density at radius 1 is 1.33 bits per heavy atom. The molecule has 1 atom stereocenters. The summed E-state index contributed by atoms with van der Waals surface area (Å²) in [5, 5.41) is 8.31. The zero-order valence-electron chi connectivity index (χ0n) is 13.8. The van der Waals surface area contributed by atoms with Crippen molar-refractivity contribution in [3.8, 4) is 0 Å². The molecule has 1 unspecified atom stereocenters. The van der Waals surface area contributed by atoms with Crippen LogP contribution in [0.1, 0.15) is 33.5 Å². The van der Waals surface area contributed by atoms with E-state index in [1.807, 2.05) is 49.1 Å². The van der Waals surface area contributed by atoms with E-state index in [0.717, 1.165) is 27.9 Å². The lowest BCUT2D eigenvalue weighted by molar-refractivity contribution is -0.00327. The predicted molar refractivity (Wildman–Crippen MR) is 91.0 cm³/mol. The number of amides is 1. The fourth-order valence-electron chi connectivity index (χ4n) is 3.48. The van der Waals surface area contributed by atoms with Gasteiger partial charge in [-0.25, -0.2) is 0 Å². The third kappa shape index (κ3) is 2.39. The zero-order valence-corrected chi connectivity index (χ0v) is 13.8. The first-order valence-electron chi connectivity index (χ1n) is 8.13. The summed E-state index contributed by atoms with van der Waals surface area (Å²) in [5.41, 5.74) is 4.54. The molecule has 124 valence electrons. The van der Waals surface area contributed by atoms with Gasteiger partial charge < -0.3 is 14.6 Å². The Morgan fingerprint density at radius 2 is 2.17 bits per heavy atom. The van der Waals surface area contributed by atoms with Crippen LogP contribution in [0.15, 0.2) is 30.3 Å². The molecule has 4 rings (SSSR count). The number of para-hydroxylation sites is 1. The van der Waals surface area contributed by atoms with E-state index in [1.54, 1.807) is 0 Å². The second-order valence-electron chi connectivity index (χ2n) is 6.21. The number of morpholine rings is 1. The molecule has 0 aliphatic carbocycles. The maximum Gasteiger partial charge on any atom is 0.270 e. The largest absolute Gasteiger partial charge is 0.377 e. The summed E-state index contributed by atoms with van der Waals surface area (Å²) in [6.45, 7) is 5.56. The first-order chi connectivity index (χ1) is 11.6. The van der Waals surface area contributed by atoms with E-state index in [1.165, 1.54) is 0 Å². The van der Waals surface area contributed by atoms with E-state index >= 15 is 0 Å². The molecule has 3 heterocycles. The van der Waals surface area contributed by atoms with Gasteiger partial charge in [-0.15, -0.1) is 0 Å². The van der Waals surface area contributed by atoms with Crippen molar-refractivity contribution in [1.82, 2.24) is 20.1 Å². The number of H-pyrrole nitrogens is 2. The van der Waals surface area contributed by atoms with Gasteiger partial charge in [0.15, 0.2) is 0 Å². The number of hydrogen-bond donors (Lipinski definition) is 2. The van der Waals surface area contributed by atoms with Crippen LogP contribution in [0.5, 0.6) is 0 Å². The average Bonchev–Trinajstić information content (AvgIpc) is 3.17. The minimum Gasteiger partial charge on any atom is -0.377 e.